The molecule has 0 aliphatic heterocycles. The Kier molecular flexibility index (Phi) is 3.70. The van der Waals surface area contributed by atoms with Gasteiger partial charge in [-0.3, -0.25) is 23.9 Å². The minimum Gasteiger partial charge on any atom is -0.299 e. The molecule has 3 rings (SSSR count). The lowest BCUT2D eigenvalue weighted by molar-refractivity contribution is 0.702. The van der Waals surface area contributed by atoms with E-state index in [1.165, 1.54) is 11.6 Å². The molecule has 0 aliphatic carbocycles. The second kappa shape index (κ2) is 5.56. The van der Waals surface area contributed by atoms with Gasteiger partial charge in [-0.1, -0.05) is 23.7 Å². The van der Waals surface area contributed by atoms with Gasteiger partial charge in [0.25, 0.3) is 5.56 Å². The molecule has 120 valence electrons. The summed E-state index contributed by atoms with van der Waals surface area (Å²) < 4.78 is 4.00. The van der Waals surface area contributed by atoms with Crippen LogP contribution in [0.15, 0.2) is 33.9 Å². The van der Waals surface area contributed by atoms with E-state index in [1.807, 2.05) is 12.1 Å². The maximum atomic E-state index is 12.5. The first-order chi connectivity index (χ1) is 10.9. The van der Waals surface area contributed by atoms with E-state index in [4.69, 9.17) is 17.4 Å². The first-order valence-electron chi connectivity index (χ1n) is 6.81. The van der Waals surface area contributed by atoms with Gasteiger partial charge in [-0.2, -0.15) is 4.98 Å². The molecule has 0 radical (unpaired) electrons. The maximum absolute atomic E-state index is 12.5. The lowest BCUT2D eigenvalue weighted by Gasteiger charge is -2.09. The maximum Gasteiger partial charge on any atom is 0.332 e. The van der Waals surface area contributed by atoms with Gasteiger partial charge in [0.2, 0.25) is 5.95 Å². The minimum absolute atomic E-state index is 0.278. The minimum atomic E-state index is -0.442. The number of hydrazine groups is 1. The molecule has 0 aliphatic rings. The van der Waals surface area contributed by atoms with Crippen molar-refractivity contribution in [3.05, 3.63) is 55.7 Å². The summed E-state index contributed by atoms with van der Waals surface area (Å²) in [5.41, 5.74) is 3.10. The molecule has 1 aromatic carbocycles. The molecule has 8 nitrogen and oxygen atoms in total. The van der Waals surface area contributed by atoms with Crippen molar-refractivity contribution in [3.8, 4) is 0 Å². The number of anilines is 1. The molecule has 3 N–H and O–H groups in total. The van der Waals surface area contributed by atoms with Crippen LogP contribution in [0.4, 0.5) is 5.95 Å². The van der Waals surface area contributed by atoms with Gasteiger partial charge in [0.05, 0.1) is 6.54 Å². The van der Waals surface area contributed by atoms with Gasteiger partial charge in [-0.25, -0.2) is 10.6 Å². The van der Waals surface area contributed by atoms with E-state index in [-0.39, 0.29) is 5.65 Å². The Bertz CT molecular complexity index is 999. The predicted octanol–water partition coefficient (Wildman–Crippen LogP) is 0.421. The van der Waals surface area contributed by atoms with Crippen LogP contribution in [0.3, 0.4) is 0 Å². The molecule has 0 bridgehead atoms. The van der Waals surface area contributed by atoms with E-state index in [2.05, 4.69) is 10.4 Å². The van der Waals surface area contributed by atoms with Crippen molar-refractivity contribution in [2.75, 3.05) is 5.43 Å². The van der Waals surface area contributed by atoms with Crippen LogP contribution in [0, 0.1) is 0 Å². The van der Waals surface area contributed by atoms with Crippen LogP contribution in [-0.4, -0.2) is 18.7 Å². The summed E-state index contributed by atoms with van der Waals surface area (Å²) >= 11 is 5.89. The summed E-state index contributed by atoms with van der Waals surface area (Å²) in [5, 5.41) is 0.625. The summed E-state index contributed by atoms with van der Waals surface area (Å²) in [7, 11) is 2.99. The lowest BCUT2D eigenvalue weighted by Crippen LogP contribution is -2.37. The SMILES string of the molecule is Cn1c(=O)c2c(nc(NN)n2Cc2ccc(Cl)cc2)n(C)c1=O. The quantitative estimate of drug-likeness (QED) is 0.534. The van der Waals surface area contributed by atoms with E-state index in [0.717, 1.165) is 10.1 Å². The Labute approximate surface area is 135 Å². The molecule has 0 atom stereocenters. The van der Waals surface area contributed by atoms with E-state index in [0.29, 0.717) is 23.0 Å². The Hall–Kier alpha value is -2.58. The van der Waals surface area contributed by atoms with Gasteiger partial charge < -0.3 is 0 Å². The number of nitrogens with zero attached hydrogens (tertiary/aromatic N) is 4. The molecule has 23 heavy (non-hydrogen) atoms. The summed E-state index contributed by atoms with van der Waals surface area (Å²) in [4.78, 5) is 28.8. The number of nitrogens with one attached hydrogen (secondary N) is 1. The fourth-order valence-corrected chi connectivity index (χ4v) is 2.61. The number of aryl methyl sites for hydroxylation is 1. The van der Waals surface area contributed by atoms with Gasteiger partial charge in [-0.15, -0.1) is 0 Å². The molecular formula is C14H15ClN6O2. The third-order valence-corrected chi connectivity index (χ3v) is 3.98. The van der Waals surface area contributed by atoms with E-state index < -0.39 is 11.2 Å². The second-order valence-electron chi connectivity index (χ2n) is 5.17. The number of nitrogen functional groups attached to an aromatic ring is 1. The fourth-order valence-electron chi connectivity index (χ4n) is 2.48. The number of aromatic nitrogens is 4. The van der Waals surface area contributed by atoms with E-state index in [1.54, 1.807) is 23.7 Å². The normalized spacial score (nSPS) is 11.1. The standard InChI is InChI=1S/C14H15ClN6O2/c1-19-11-10(12(22)20(2)14(19)23)21(13(17-11)18-16)7-8-3-5-9(15)6-4-8/h3-6H,7,16H2,1-2H3,(H,17,18). The zero-order valence-electron chi connectivity index (χ0n) is 12.6. The van der Waals surface area contributed by atoms with Crippen molar-refractivity contribution in [3.63, 3.8) is 0 Å². The fraction of sp³-hybridized carbons (Fsp3) is 0.214. The van der Waals surface area contributed by atoms with E-state index in [9.17, 15) is 9.59 Å². The monoisotopic (exact) mass is 334 g/mol. The molecule has 0 spiro atoms. The van der Waals surface area contributed by atoms with Crippen molar-refractivity contribution in [1.82, 2.24) is 18.7 Å². The smallest absolute Gasteiger partial charge is 0.299 e. The van der Waals surface area contributed by atoms with Crippen LogP contribution in [0.2, 0.25) is 5.02 Å². The van der Waals surface area contributed by atoms with Crippen molar-refractivity contribution in [2.45, 2.75) is 6.54 Å². The van der Waals surface area contributed by atoms with Crippen LogP contribution in [0.25, 0.3) is 11.2 Å². The molecule has 0 amide bonds. The van der Waals surface area contributed by atoms with Crippen molar-refractivity contribution in [2.24, 2.45) is 19.9 Å². The zero-order chi connectivity index (χ0) is 16.7. The van der Waals surface area contributed by atoms with Gasteiger partial charge >= 0.3 is 5.69 Å². The summed E-state index contributed by atoms with van der Waals surface area (Å²) in [5.74, 6) is 5.82. The predicted molar refractivity (Wildman–Crippen MR) is 88.6 cm³/mol. The number of nitrogens with two attached hydrogens (primary N) is 1. The van der Waals surface area contributed by atoms with Gasteiger partial charge in [-0.05, 0) is 17.7 Å². The zero-order valence-corrected chi connectivity index (χ0v) is 13.3. The van der Waals surface area contributed by atoms with Crippen LogP contribution in [0.5, 0.6) is 0 Å². The van der Waals surface area contributed by atoms with Crippen LogP contribution < -0.4 is 22.5 Å². The molecule has 3 aromatic rings. The van der Waals surface area contributed by atoms with Crippen LogP contribution in [0.1, 0.15) is 5.56 Å². The molecular weight excluding hydrogens is 320 g/mol. The highest BCUT2D eigenvalue weighted by atomic mass is 35.5. The number of hydrogen-bond acceptors (Lipinski definition) is 5. The summed E-state index contributed by atoms with van der Waals surface area (Å²) in [6, 6.07) is 7.22. The molecule has 0 saturated heterocycles. The molecule has 2 heterocycles. The van der Waals surface area contributed by atoms with E-state index >= 15 is 0 Å². The lowest BCUT2D eigenvalue weighted by atomic mass is 10.2. The number of rotatable bonds is 3. The summed E-state index contributed by atoms with van der Waals surface area (Å²) in [6.45, 7) is 0.362. The van der Waals surface area contributed by atoms with Crippen molar-refractivity contribution >= 4 is 28.7 Å². The Morgan fingerprint density at radius 1 is 1.17 bits per heavy atom. The van der Waals surface area contributed by atoms with Crippen molar-refractivity contribution in [1.29, 1.82) is 0 Å². The highest BCUT2D eigenvalue weighted by molar-refractivity contribution is 6.30. The third-order valence-electron chi connectivity index (χ3n) is 3.73. The van der Waals surface area contributed by atoms with Crippen molar-refractivity contribution < 1.29 is 0 Å². The number of fused-ring (bicyclic) bond motifs is 1. The second-order valence-corrected chi connectivity index (χ2v) is 5.61. The Morgan fingerprint density at radius 3 is 2.43 bits per heavy atom. The number of hydrogen-bond donors (Lipinski definition) is 2. The first-order valence-corrected chi connectivity index (χ1v) is 7.19. The summed E-state index contributed by atoms with van der Waals surface area (Å²) in [6.07, 6.45) is 0. The molecule has 0 saturated carbocycles. The highest BCUT2D eigenvalue weighted by Gasteiger charge is 2.18. The molecule has 0 fully saturated rings. The molecule has 0 unspecified atom stereocenters. The Balaban J connectivity index is 2.29. The average molecular weight is 335 g/mol. The average Bonchev–Trinajstić information content (AvgIpc) is 2.91. The molecule has 9 heteroatoms. The van der Waals surface area contributed by atoms with Gasteiger partial charge in [0.15, 0.2) is 11.2 Å². The van der Waals surface area contributed by atoms with Gasteiger partial charge in [0, 0.05) is 19.1 Å². The number of halogens is 1. The molecule has 2 aromatic heterocycles. The highest BCUT2D eigenvalue weighted by Crippen LogP contribution is 2.18. The Morgan fingerprint density at radius 2 is 1.83 bits per heavy atom. The number of benzene rings is 1. The van der Waals surface area contributed by atoms with Gasteiger partial charge in [0.1, 0.15) is 0 Å². The topological polar surface area (TPSA) is 99.9 Å². The van der Waals surface area contributed by atoms with Crippen LogP contribution in [-0.2, 0) is 20.6 Å². The number of imidazole rings is 1. The largest absolute Gasteiger partial charge is 0.332 e. The first kappa shape index (κ1) is 15.3. The van der Waals surface area contributed by atoms with Crippen LogP contribution >= 0.6 is 11.6 Å². The third kappa shape index (κ3) is 2.41.